The van der Waals surface area contributed by atoms with Crippen LogP contribution in [0.3, 0.4) is 0 Å². The summed E-state index contributed by atoms with van der Waals surface area (Å²) in [5.74, 6) is -0.279. The Labute approximate surface area is 116 Å². The van der Waals surface area contributed by atoms with E-state index in [0.717, 1.165) is 0 Å². The molecule has 4 heteroatoms. The highest BCUT2D eigenvalue weighted by molar-refractivity contribution is 6.34. The molecule has 0 atom stereocenters. The number of hydrogen-bond donors (Lipinski definition) is 0. The molecular weight excluding hydrogens is 260 g/mol. The molecule has 0 bridgehead atoms. The fourth-order valence-corrected chi connectivity index (χ4v) is 1.96. The Balaban J connectivity index is 2.39. The summed E-state index contributed by atoms with van der Waals surface area (Å²) in [4.78, 5) is 13.9. The lowest BCUT2D eigenvalue weighted by molar-refractivity contribution is 0.0990. The molecule has 94 valence electrons. The molecule has 19 heavy (non-hydrogen) atoms. The van der Waals surface area contributed by atoms with E-state index in [0.29, 0.717) is 16.3 Å². The number of benzene rings is 2. The van der Waals surface area contributed by atoms with Crippen LogP contribution in [0.4, 0.5) is 5.69 Å². The fraction of sp³-hybridized carbons (Fsp3) is 0.0667. The van der Waals surface area contributed by atoms with E-state index in [1.54, 1.807) is 36.4 Å². The lowest BCUT2D eigenvalue weighted by Gasteiger charge is -2.20. The van der Waals surface area contributed by atoms with Gasteiger partial charge in [-0.15, -0.1) is 0 Å². The van der Waals surface area contributed by atoms with Crippen molar-refractivity contribution in [2.45, 2.75) is 0 Å². The summed E-state index contributed by atoms with van der Waals surface area (Å²) in [7, 11) is 0. The largest absolute Gasteiger partial charge is 0.295 e. The number of rotatable bonds is 3. The maximum absolute atomic E-state index is 12.4. The van der Waals surface area contributed by atoms with E-state index in [9.17, 15) is 4.79 Å². The van der Waals surface area contributed by atoms with Crippen molar-refractivity contribution in [3.05, 3.63) is 65.2 Å². The summed E-state index contributed by atoms with van der Waals surface area (Å²) in [5, 5.41) is 9.27. The number of amides is 1. The third kappa shape index (κ3) is 2.93. The van der Waals surface area contributed by atoms with Crippen molar-refractivity contribution in [2.75, 3.05) is 11.4 Å². The van der Waals surface area contributed by atoms with Crippen molar-refractivity contribution in [1.82, 2.24) is 0 Å². The van der Waals surface area contributed by atoms with E-state index in [1.807, 2.05) is 24.3 Å². The Hall–Kier alpha value is -2.31. The number of carbonyl (C=O) groups excluding carboxylic acids is 1. The molecule has 0 aliphatic carbocycles. The highest BCUT2D eigenvalue weighted by Crippen LogP contribution is 2.21. The van der Waals surface area contributed by atoms with E-state index in [2.05, 4.69) is 0 Å². The third-order valence-electron chi connectivity index (χ3n) is 2.65. The topological polar surface area (TPSA) is 44.1 Å². The fourth-order valence-electron chi connectivity index (χ4n) is 1.74. The number of carbonyl (C=O) groups is 1. The zero-order valence-electron chi connectivity index (χ0n) is 10.1. The van der Waals surface area contributed by atoms with Crippen LogP contribution < -0.4 is 4.90 Å². The van der Waals surface area contributed by atoms with Gasteiger partial charge in [-0.1, -0.05) is 41.9 Å². The van der Waals surface area contributed by atoms with Gasteiger partial charge in [-0.05, 0) is 24.3 Å². The predicted molar refractivity (Wildman–Crippen MR) is 75.2 cm³/mol. The van der Waals surface area contributed by atoms with Crippen LogP contribution in [0.5, 0.6) is 0 Å². The maximum Gasteiger partial charge on any atom is 0.260 e. The van der Waals surface area contributed by atoms with Crippen molar-refractivity contribution >= 4 is 23.2 Å². The average Bonchev–Trinajstić information content (AvgIpc) is 2.45. The predicted octanol–water partition coefficient (Wildman–Crippen LogP) is 3.51. The minimum Gasteiger partial charge on any atom is -0.295 e. The molecule has 0 saturated heterocycles. The van der Waals surface area contributed by atoms with Crippen LogP contribution in [0.25, 0.3) is 0 Å². The second-order valence-electron chi connectivity index (χ2n) is 3.86. The Bertz CT molecular complexity index is 620. The Morgan fingerprint density at radius 2 is 1.74 bits per heavy atom. The van der Waals surface area contributed by atoms with Crippen LogP contribution in [0, 0.1) is 11.3 Å². The van der Waals surface area contributed by atoms with E-state index >= 15 is 0 Å². The second-order valence-corrected chi connectivity index (χ2v) is 4.27. The zero-order chi connectivity index (χ0) is 13.7. The molecule has 2 rings (SSSR count). The van der Waals surface area contributed by atoms with Crippen molar-refractivity contribution in [1.29, 1.82) is 5.26 Å². The van der Waals surface area contributed by atoms with Gasteiger partial charge >= 0.3 is 0 Å². The van der Waals surface area contributed by atoms with Crippen molar-refractivity contribution in [3.63, 3.8) is 0 Å². The van der Waals surface area contributed by atoms with Gasteiger partial charge in [0.2, 0.25) is 0 Å². The average molecular weight is 271 g/mol. The molecule has 1 amide bonds. The molecule has 0 N–H and O–H groups in total. The second kappa shape index (κ2) is 6.03. The summed E-state index contributed by atoms with van der Waals surface area (Å²) < 4.78 is 0. The lowest BCUT2D eigenvalue weighted by atomic mass is 10.1. The van der Waals surface area contributed by atoms with Gasteiger partial charge in [0.05, 0.1) is 16.7 Å². The Kier molecular flexibility index (Phi) is 4.17. The van der Waals surface area contributed by atoms with Crippen LogP contribution in [-0.2, 0) is 0 Å². The zero-order valence-corrected chi connectivity index (χ0v) is 10.8. The van der Waals surface area contributed by atoms with E-state index in [-0.39, 0.29) is 12.5 Å². The standard InChI is InChI=1S/C15H11ClN2O/c16-14-9-5-4-8-13(14)15(19)18(11-10-17)12-6-2-1-3-7-12/h1-9H,11H2. The minimum atomic E-state index is -0.279. The highest BCUT2D eigenvalue weighted by Gasteiger charge is 2.19. The smallest absolute Gasteiger partial charge is 0.260 e. The van der Waals surface area contributed by atoms with E-state index in [4.69, 9.17) is 16.9 Å². The Morgan fingerprint density at radius 3 is 2.37 bits per heavy atom. The van der Waals surface area contributed by atoms with Crippen molar-refractivity contribution < 1.29 is 4.79 Å². The number of para-hydroxylation sites is 1. The highest BCUT2D eigenvalue weighted by atomic mass is 35.5. The van der Waals surface area contributed by atoms with E-state index in [1.165, 1.54) is 4.90 Å². The van der Waals surface area contributed by atoms with Gasteiger partial charge in [0.15, 0.2) is 0 Å². The van der Waals surface area contributed by atoms with Gasteiger partial charge in [-0.25, -0.2) is 0 Å². The summed E-state index contributed by atoms with van der Waals surface area (Å²) in [6, 6.07) is 17.9. The number of nitriles is 1. The van der Waals surface area contributed by atoms with Crippen LogP contribution in [0.15, 0.2) is 54.6 Å². The molecule has 0 saturated carbocycles. The number of nitrogens with zero attached hydrogens (tertiary/aromatic N) is 2. The van der Waals surface area contributed by atoms with Crippen molar-refractivity contribution in [3.8, 4) is 6.07 Å². The van der Waals surface area contributed by atoms with Gasteiger partial charge < -0.3 is 0 Å². The Morgan fingerprint density at radius 1 is 1.11 bits per heavy atom. The first-order valence-electron chi connectivity index (χ1n) is 5.72. The molecule has 0 fully saturated rings. The normalized spacial score (nSPS) is 9.68. The van der Waals surface area contributed by atoms with Crippen LogP contribution in [0.2, 0.25) is 5.02 Å². The third-order valence-corrected chi connectivity index (χ3v) is 2.98. The molecular formula is C15H11ClN2O. The molecule has 0 radical (unpaired) electrons. The van der Waals surface area contributed by atoms with Gasteiger partial charge in [0, 0.05) is 5.69 Å². The van der Waals surface area contributed by atoms with Crippen LogP contribution in [0.1, 0.15) is 10.4 Å². The molecule has 0 aromatic heterocycles. The molecule has 0 heterocycles. The van der Waals surface area contributed by atoms with Gasteiger partial charge in [0.1, 0.15) is 6.54 Å². The lowest BCUT2D eigenvalue weighted by Crippen LogP contribution is -2.31. The van der Waals surface area contributed by atoms with Gasteiger partial charge in [-0.2, -0.15) is 5.26 Å². The first-order chi connectivity index (χ1) is 9.24. The molecule has 2 aromatic carbocycles. The molecule has 0 spiro atoms. The number of halogens is 1. The van der Waals surface area contributed by atoms with Gasteiger partial charge in [-0.3, -0.25) is 9.69 Å². The van der Waals surface area contributed by atoms with E-state index < -0.39 is 0 Å². The van der Waals surface area contributed by atoms with Gasteiger partial charge in [0.25, 0.3) is 5.91 Å². The monoisotopic (exact) mass is 270 g/mol. The number of anilines is 1. The molecule has 3 nitrogen and oxygen atoms in total. The van der Waals surface area contributed by atoms with Crippen LogP contribution >= 0.6 is 11.6 Å². The quantitative estimate of drug-likeness (QED) is 0.801. The first-order valence-corrected chi connectivity index (χ1v) is 6.10. The molecule has 0 aliphatic rings. The maximum atomic E-state index is 12.4. The van der Waals surface area contributed by atoms with Crippen LogP contribution in [-0.4, -0.2) is 12.5 Å². The first kappa shape index (κ1) is 13.1. The summed E-state index contributed by atoms with van der Waals surface area (Å²) in [6.45, 7) is -0.0198. The summed E-state index contributed by atoms with van der Waals surface area (Å²) in [6.07, 6.45) is 0. The molecule has 0 aliphatic heterocycles. The number of hydrogen-bond acceptors (Lipinski definition) is 2. The van der Waals surface area contributed by atoms with Crippen molar-refractivity contribution in [2.24, 2.45) is 0 Å². The summed E-state index contributed by atoms with van der Waals surface area (Å²) >= 11 is 6.02. The SMILES string of the molecule is N#CCN(C(=O)c1ccccc1Cl)c1ccccc1. The summed E-state index contributed by atoms with van der Waals surface area (Å²) in [5.41, 5.74) is 1.07. The molecule has 0 unspecified atom stereocenters. The minimum absolute atomic E-state index is 0.0198. The molecule has 2 aromatic rings.